The van der Waals surface area contributed by atoms with Gasteiger partial charge in [0, 0.05) is 28.8 Å². The van der Waals surface area contributed by atoms with E-state index in [2.05, 4.69) is 10.6 Å². The third-order valence-electron chi connectivity index (χ3n) is 5.32. The lowest BCUT2D eigenvalue weighted by atomic mass is 10.0. The SMILES string of the molecule is Cc1ccc(C(=O)C(=O)NCc2scc3c2CN(C2CCC(=O)NC2=O)C3=O)cc1. The van der Waals surface area contributed by atoms with Crippen LogP contribution in [0.1, 0.15) is 49.6 Å². The highest BCUT2D eigenvalue weighted by Gasteiger charge is 2.40. The van der Waals surface area contributed by atoms with Crippen molar-refractivity contribution in [3.05, 3.63) is 56.8 Å². The Morgan fingerprint density at radius 1 is 1.20 bits per heavy atom. The van der Waals surface area contributed by atoms with Crippen molar-refractivity contribution in [2.45, 2.75) is 38.9 Å². The number of benzene rings is 1. The topological polar surface area (TPSA) is 113 Å². The largest absolute Gasteiger partial charge is 0.344 e. The molecule has 1 atom stereocenters. The van der Waals surface area contributed by atoms with E-state index in [0.717, 1.165) is 16.0 Å². The molecule has 30 heavy (non-hydrogen) atoms. The number of piperidine rings is 1. The van der Waals surface area contributed by atoms with E-state index in [9.17, 15) is 24.0 Å². The molecule has 0 saturated carbocycles. The molecule has 4 rings (SSSR count). The Morgan fingerprint density at radius 3 is 2.63 bits per heavy atom. The fourth-order valence-electron chi connectivity index (χ4n) is 3.63. The van der Waals surface area contributed by atoms with Crippen LogP contribution in [0.5, 0.6) is 0 Å². The second kappa shape index (κ2) is 7.83. The Bertz CT molecular complexity index is 1070. The molecular formula is C21H19N3O5S. The van der Waals surface area contributed by atoms with Gasteiger partial charge in [0.2, 0.25) is 17.6 Å². The maximum atomic E-state index is 12.7. The molecule has 1 saturated heterocycles. The van der Waals surface area contributed by atoms with E-state index in [1.54, 1.807) is 29.6 Å². The number of thiophene rings is 1. The molecule has 2 N–H and O–H groups in total. The van der Waals surface area contributed by atoms with Crippen molar-refractivity contribution in [2.75, 3.05) is 0 Å². The maximum Gasteiger partial charge on any atom is 0.292 e. The van der Waals surface area contributed by atoms with Crippen LogP contribution < -0.4 is 10.6 Å². The van der Waals surface area contributed by atoms with Crippen LogP contribution in [-0.4, -0.2) is 40.4 Å². The molecule has 0 aliphatic carbocycles. The Kier molecular flexibility index (Phi) is 5.21. The summed E-state index contributed by atoms with van der Waals surface area (Å²) in [4.78, 5) is 63.0. The summed E-state index contributed by atoms with van der Waals surface area (Å²) >= 11 is 1.33. The number of amides is 4. The van der Waals surface area contributed by atoms with Gasteiger partial charge in [0.25, 0.3) is 11.8 Å². The van der Waals surface area contributed by atoms with Crippen LogP contribution in [0.3, 0.4) is 0 Å². The van der Waals surface area contributed by atoms with Crippen LogP contribution in [0.2, 0.25) is 0 Å². The van der Waals surface area contributed by atoms with Gasteiger partial charge < -0.3 is 10.2 Å². The van der Waals surface area contributed by atoms with Crippen LogP contribution in [0.4, 0.5) is 0 Å². The first-order chi connectivity index (χ1) is 14.3. The third kappa shape index (κ3) is 3.63. The Balaban J connectivity index is 1.42. The zero-order valence-electron chi connectivity index (χ0n) is 16.2. The summed E-state index contributed by atoms with van der Waals surface area (Å²) in [7, 11) is 0. The number of Topliss-reactive ketones (excluding diaryl/α,β-unsaturated/α-hetero) is 1. The van der Waals surface area contributed by atoms with E-state index in [4.69, 9.17) is 0 Å². The number of nitrogens with zero attached hydrogens (tertiary/aromatic N) is 1. The van der Waals surface area contributed by atoms with Crippen molar-refractivity contribution in [2.24, 2.45) is 0 Å². The predicted molar refractivity (Wildman–Crippen MR) is 108 cm³/mol. The summed E-state index contributed by atoms with van der Waals surface area (Å²) in [6, 6.07) is 6.06. The first kappa shape index (κ1) is 20.0. The molecule has 0 radical (unpaired) electrons. The number of rotatable bonds is 5. The summed E-state index contributed by atoms with van der Waals surface area (Å²) in [5, 5.41) is 6.59. The Hall–Kier alpha value is -3.33. The molecule has 3 heterocycles. The summed E-state index contributed by atoms with van der Waals surface area (Å²) < 4.78 is 0. The number of hydrogen-bond donors (Lipinski definition) is 2. The second-order valence-corrected chi connectivity index (χ2v) is 8.29. The lowest BCUT2D eigenvalue weighted by molar-refractivity contribution is -0.136. The molecule has 0 spiro atoms. The average Bonchev–Trinajstić information content (AvgIpc) is 3.26. The zero-order valence-corrected chi connectivity index (χ0v) is 17.0. The third-order valence-corrected chi connectivity index (χ3v) is 6.35. The lowest BCUT2D eigenvalue weighted by Gasteiger charge is -2.29. The van der Waals surface area contributed by atoms with Gasteiger partial charge in [-0.15, -0.1) is 11.3 Å². The fourth-order valence-corrected chi connectivity index (χ4v) is 4.60. The Labute approximate surface area is 176 Å². The van der Waals surface area contributed by atoms with Crippen LogP contribution in [-0.2, 0) is 27.5 Å². The molecule has 9 heteroatoms. The number of carbonyl (C=O) groups excluding carboxylic acids is 5. The van der Waals surface area contributed by atoms with Gasteiger partial charge in [-0.1, -0.05) is 29.8 Å². The number of fused-ring (bicyclic) bond motifs is 1. The van der Waals surface area contributed by atoms with E-state index in [1.165, 1.54) is 16.2 Å². The smallest absolute Gasteiger partial charge is 0.292 e. The van der Waals surface area contributed by atoms with Gasteiger partial charge in [0.15, 0.2) is 0 Å². The minimum atomic E-state index is -0.715. The molecule has 1 fully saturated rings. The van der Waals surface area contributed by atoms with E-state index < -0.39 is 23.6 Å². The number of nitrogens with one attached hydrogen (secondary N) is 2. The van der Waals surface area contributed by atoms with Crippen molar-refractivity contribution in [3.63, 3.8) is 0 Å². The molecule has 2 aliphatic rings. The summed E-state index contributed by atoms with van der Waals surface area (Å²) in [5.74, 6) is -2.40. The minimum Gasteiger partial charge on any atom is -0.344 e. The normalized spacial score (nSPS) is 18.2. The monoisotopic (exact) mass is 425 g/mol. The van der Waals surface area contributed by atoms with Crippen LogP contribution >= 0.6 is 11.3 Å². The molecular weight excluding hydrogens is 406 g/mol. The predicted octanol–water partition coefficient (Wildman–Crippen LogP) is 1.32. The fraction of sp³-hybridized carbons (Fsp3) is 0.286. The zero-order chi connectivity index (χ0) is 21.4. The molecule has 0 bridgehead atoms. The first-order valence-corrected chi connectivity index (χ1v) is 10.4. The quantitative estimate of drug-likeness (QED) is 0.426. The second-order valence-electron chi connectivity index (χ2n) is 7.33. The molecule has 1 unspecified atom stereocenters. The number of imide groups is 1. The van der Waals surface area contributed by atoms with Crippen molar-refractivity contribution < 1.29 is 24.0 Å². The molecule has 154 valence electrons. The summed E-state index contributed by atoms with van der Waals surface area (Å²) in [6.07, 6.45) is 0.484. The van der Waals surface area contributed by atoms with Gasteiger partial charge in [-0.05, 0) is 18.9 Å². The van der Waals surface area contributed by atoms with Gasteiger partial charge in [-0.25, -0.2) is 0 Å². The molecule has 2 aromatic rings. The number of carbonyl (C=O) groups is 5. The standard InChI is InChI=1S/C21H19N3O5S/c1-11-2-4-12(5-3-11)18(26)20(28)22-8-16-13-9-24(21(29)14(13)10-30-16)15-6-7-17(25)23-19(15)27/h2-5,10,15H,6-9H2,1H3,(H,22,28)(H,23,25,27). The van der Waals surface area contributed by atoms with Gasteiger partial charge in [-0.3, -0.25) is 29.3 Å². The number of hydrogen-bond acceptors (Lipinski definition) is 6. The van der Waals surface area contributed by atoms with Crippen LogP contribution in [0.15, 0.2) is 29.6 Å². The van der Waals surface area contributed by atoms with E-state index in [-0.39, 0.29) is 31.3 Å². The summed E-state index contributed by atoms with van der Waals surface area (Å²) in [5.41, 5.74) is 2.55. The molecule has 2 aliphatic heterocycles. The summed E-state index contributed by atoms with van der Waals surface area (Å²) in [6.45, 7) is 2.25. The Morgan fingerprint density at radius 2 is 1.93 bits per heavy atom. The number of aryl methyl sites for hydroxylation is 1. The highest BCUT2D eigenvalue weighted by atomic mass is 32.1. The number of ketones is 1. The highest BCUT2D eigenvalue weighted by molar-refractivity contribution is 7.10. The van der Waals surface area contributed by atoms with E-state index in [0.29, 0.717) is 17.5 Å². The van der Waals surface area contributed by atoms with Gasteiger partial charge in [0.1, 0.15) is 6.04 Å². The van der Waals surface area contributed by atoms with Gasteiger partial charge >= 0.3 is 0 Å². The van der Waals surface area contributed by atoms with Crippen molar-refractivity contribution in [1.82, 2.24) is 15.5 Å². The van der Waals surface area contributed by atoms with E-state index >= 15 is 0 Å². The van der Waals surface area contributed by atoms with Gasteiger partial charge in [-0.2, -0.15) is 0 Å². The van der Waals surface area contributed by atoms with Crippen molar-refractivity contribution >= 4 is 40.7 Å². The molecule has 8 nitrogen and oxygen atoms in total. The van der Waals surface area contributed by atoms with Crippen LogP contribution in [0.25, 0.3) is 0 Å². The molecule has 1 aromatic heterocycles. The lowest BCUT2D eigenvalue weighted by Crippen LogP contribution is -2.52. The van der Waals surface area contributed by atoms with Gasteiger partial charge in [0.05, 0.1) is 12.1 Å². The van der Waals surface area contributed by atoms with Crippen LogP contribution in [0, 0.1) is 6.92 Å². The minimum absolute atomic E-state index is 0.118. The molecule has 1 aromatic carbocycles. The van der Waals surface area contributed by atoms with Crippen molar-refractivity contribution in [1.29, 1.82) is 0 Å². The highest BCUT2D eigenvalue weighted by Crippen LogP contribution is 2.33. The first-order valence-electron chi connectivity index (χ1n) is 9.48. The van der Waals surface area contributed by atoms with Crippen molar-refractivity contribution in [3.8, 4) is 0 Å². The molecule has 4 amide bonds. The maximum absolute atomic E-state index is 12.7. The average molecular weight is 425 g/mol. The van der Waals surface area contributed by atoms with E-state index in [1.807, 2.05) is 6.92 Å².